The third-order valence-corrected chi connectivity index (χ3v) is 2.02. The summed E-state index contributed by atoms with van der Waals surface area (Å²) in [4.78, 5) is 0. The fourth-order valence-corrected chi connectivity index (χ4v) is 1.19. The van der Waals surface area contributed by atoms with Crippen LogP contribution in [0.2, 0.25) is 0 Å². The van der Waals surface area contributed by atoms with E-state index in [1.165, 1.54) is 0 Å². The zero-order valence-electron chi connectivity index (χ0n) is 6.88. The number of rotatable bonds is 3. The van der Waals surface area contributed by atoms with Gasteiger partial charge in [-0.15, -0.1) is 0 Å². The molecule has 1 aromatic heterocycles. The zero-order chi connectivity index (χ0) is 8.97. The van der Waals surface area contributed by atoms with Crippen molar-refractivity contribution in [1.82, 2.24) is 0 Å². The molecule has 0 aliphatic carbocycles. The molecule has 3 heteroatoms. The van der Waals surface area contributed by atoms with Crippen molar-refractivity contribution in [2.24, 2.45) is 0 Å². The van der Waals surface area contributed by atoms with Crippen LogP contribution >= 0.6 is 15.9 Å². The van der Waals surface area contributed by atoms with E-state index >= 15 is 0 Å². The van der Waals surface area contributed by atoms with Crippen molar-refractivity contribution in [2.75, 3.05) is 6.61 Å². The molecule has 0 spiro atoms. The second-order valence-electron chi connectivity index (χ2n) is 2.46. The average molecular weight is 231 g/mol. The molecule has 0 aliphatic heterocycles. The number of hydrogen-bond acceptors (Lipinski definition) is 2. The van der Waals surface area contributed by atoms with Crippen LogP contribution in [0.4, 0.5) is 0 Å². The standard InChI is InChI=1S/C9H11BrO2/c1-2-7(6-11)5-8-3-4-9(10)12-8/h3-5,11H,2,6H2,1H3/b7-5-. The van der Waals surface area contributed by atoms with Crippen LogP contribution in [-0.2, 0) is 0 Å². The van der Waals surface area contributed by atoms with Crippen molar-refractivity contribution in [3.63, 3.8) is 0 Å². The quantitative estimate of drug-likeness (QED) is 0.867. The molecule has 1 aromatic rings. The van der Waals surface area contributed by atoms with Crippen LogP contribution in [0, 0.1) is 0 Å². The molecule has 12 heavy (non-hydrogen) atoms. The molecule has 0 aromatic carbocycles. The van der Waals surface area contributed by atoms with Gasteiger partial charge in [0.25, 0.3) is 0 Å². The molecule has 0 atom stereocenters. The monoisotopic (exact) mass is 230 g/mol. The summed E-state index contributed by atoms with van der Waals surface area (Å²) >= 11 is 3.21. The van der Waals surface area contributed by atoms with Gasteiger partial charge in [-0.1, -0.05) is 6.92 Å². The van der Waals surface area contributed by atoms with E-state index in [0.717, 1.165) is 17.8 Å². The Bertz CT molecular complexity index is 270. The van der Waals surface area contributed by atoms with Gasteiger partial charge in [0.2, 0.25) is 0 Å². The highest BCUT2D eigenvalue weighted by molar-refractivity contribution is 9.10. The molecule has 0 aliphatic rings. The van der Waals surface area contributed by atoms with E-state index in [-0.39, 0.29) is 6.61 Å². The van der Waals surface area contributed by atoms with Gasteiger partial charge in [-0.2, -0.15) is 0 Å². The molecular formula is C9H11BrO2. The van der Waals surface area contributed by atoms with Crippen molar-refractivity contribution >= 4 is 22.0 Å². The topological polar surface area (TPSA) is 33.4 Å². The number of hydrogen-bond donors (Lipinski definition) is 1. The second kappa shape index (κ2) is 4.48. The first kappa shape index (κ1) is 9.55. The SMILES string of the molecule is CC/C(=C/c1ccc(Br)o1)CO. The normalized spacial score (nSPS) is 12.1. The van der Waals surface area contributed by atoms with Crippen LogP contribution in [0.5, 0.6) is 0 Å². The average Bonchev–Trinajstić information content (AvgIpc) is 2.47. The van der Waals surface area contributed by atoms with Crippen molar-refractivity contribution in [3.05, 3.63) is 28.1 Å². The van der Waals surface area contributed by atoms with Crippen LogP contribution < -0.4 is 0 Å². The Labute approximate surface area is 80.0 Å². The highest BCUT2D eigenvalue weighted by atomic mass is 79.9. The predicted molar refractivity (Wildman–Crippen MR) is 51.8 cm³/mol. The summed E-state index contributed by atoms with van der Waals surface area (Å²) in [5.74, 6) is 0.771. The Morgan fingerprint density at radius 3 is 2.83 bits per heavy atom. The van der Waals surface area contributed by atoms with Gasteiger partial charge in [0.1, 0.15) is 5.76 Å². The smallest absolute Gasteiger partial charge is 0.169 e. The summed E-state index contributed by atoms with van der Waals surface area (Å²) in [5, 5.41) is 8.87. The summed E-state index contributed by atoms with van der Waals surface area (Å²) in [6, 6.07) is 3.69. The molecule has 66 valence electrons. The molecule has 0 amide bonds. The lowest BCUT2D eigenvalue weighted by atomic mass is 10.2. The van der Waals surface area contributed by atoms with Crippen LogP contribution in [-0.4, -0.2) is 11.7 Å². The molecule has 0 radical (unpaired) electrons. The molecule has 1 N–H and O–H groups in total. The minimum Gasteiger partial charge on any atom is -0.450 e. The molecule has 0 saturated heterocycles. The Balaban J connectivity index is 2.78. The number of aliphatic hydroxyl groups is 1. The van der Waals surface area contributed by atoms with Crippen LogP contribution in [0.15, 0.2) is 26.8 Å². The molecule has 1 rings (SSSR count). The van der Waals surface area contributed by atoms with Crippen LogP contribution in [0.3, 0.4) is 0 Å². The van der Waals surface area contributed by atoms with Gasteiger partial charge in [-0.05, 0) is 46.1 Å². The summed E-state index contributed by atoms with van der Waals surface area (Å²) in [7, 11) is 0. The summed E-state index contributed by atoms with van der Waals surface area (Å²) in [6.45, 7) is 2.09. The molecule has 0 bridgehead atoms. The van der Waals surface area contributed by atoms with Gasteiger partial charge < -0.3 is 9.52 Å². The fourth-order valence-electron chi connectivity index (χ4n) is 0.867. The van der Waals surface area contributed by atoms with E-state index in [0.29, 0.717) is 4.67 Å². The van der Waals surface area contributed by atoms with Crippen LogP contribution in [0.25, 0.3) is 6.08 Å². The molecule has 0 saturated carbocycles. The summed E-state index contributed by atoms with van der Waals surface area (Å²) in [5.41, 5.74) is 0.969. The third-order valence-electron chi connectivity index (χ3n) is 1.60. The Morgan fingerprint density at radius 2 is 2.42 bits per heavy atom. The molecule has 1 heterocycles. The Morgan fingerprint density at radius 1 is 1.67 bits per heavy atom. The van der Waals surface area contributed by atoms with Crippen molar-refractivity contribution in [3.8, 4) is 0 Å². The molecule has 2 nitrogen and oxygen atoms in total. The largest absolute Gasteiger partial charge is 0.450 e. The highest BCUT2D eigenvalue weighted by Crippen LogP contribution is 2.17. The number of halogens is 1. The lowest BCUT2D eigenvalue weighted by molar-refractivity contribution is 0.328. The first-order chi connectivity index (χ1) is 5.76. The predicted octanol–water partition coefficient (Wildman–Crippen LogP) is 2.83. The molecule has 0 fully saturated rings. The van der Waals surface area contributed by atoms with E-state index < -0.39 is 0 Å². The van der Waals surface area contributed by atoms with Crippen LogP contribution in [0.1, 0.15) is 19.1 Å². The van der Waals surface area contributed by atoms with Gasteiger partial charge in [0.05, 0.1) is 6.61 Å². The Kier molecular flexibility index (Phi) is 3.56. The van der Waals surface area contributed by atoms with E-state index in [1.54, 1.807) is 0 Å². The van der Waals surface area contributed by atoms with Gasteiger partial charge in [-0.3, -0.25) is 0 Å². The van der Waals surface area contributed by atoms with Gasteiger partial charge in [-0.25, -0.2) is 0 Å². The third kappa shape index (κ3) is 2.50. The van der Waals surface area contributed by atoms with E-state index in [9.17, 15) is 0 Å². The first-order valence-corrected chi connectivity index (χ1v) is 4.61. The molecular weight excluding hydrogens is 220 g/mol. The minimum absolute atomic E-state index is 0.0921. The lowest BCUT2D eigenvalue weighted by Gasteiger charge is -1.96. The second-order valence-corrected chi connectivity index (χ2v) is 3.24. The van der Waals surface area contributed by atoms with Gasteiger partial charge >= 0.3 is 0 Å². The number of furan rings is 1. The maximum absolute atomic E-state index is 8.87. The van der Waals surface area contributed by atoms with Crippen molar-refractivity contribution in [1.29, 1.82) is 0 Å². The first-order valence-electron chi connectivity index (χ1n) is 3.82. The molecule has 0 unspecified atom stereocenters. The van der Waals surface area contributed by atoms with Gasteiger partial charge in [0.15, 0.2) is 4.67 Å². The maximum Gasteiger partial charge on any atom is 0.169 e. The van der Waals surface area contributed by atoms with Gasteiger partial charge in [0, 0.05) is 0 Å². The van der Waals surface area contributed by atoms with E-state index in [1.807, 2.05) is 25.1 Å². The fraction of sp³-hybridized carbons (Fsp3) is 0.333. The zero-order valence-corrected chi connectivity index (χ0v) is 8.47. The summed E-state index contributed by atoms with van der Waals surface area (Å²) < 4.78 is 5.96. The van der Waals surface area contributed by atoms with Crippen molar-refractivity contribution < 1.29 is 9.52 Å². The van der Waals surface area contributed by atoms with E-state index in [4.69, 9.17) is 9.52 Å². The van der Waals surface area contributed by atoms with E-state index in [2.05, 4.69) is 15.9 Å². The minimum atomic E-state index is 0.0921. The lowest BCUT2D eigenvalue weighted by Crippen LogP contribution is -1.86. The number of aliphatic hydroxyl groups excluding tert-OH is 1. The summed E-state index contributed by atoms with van der Waals surface area (Å²) in [6.07, 6.45) is 2.69. The highest BCUT2D eigenvalue weighted by Gasteiger charge is 1.97. The van der Waals surface area contributed by atoms with Crippen molar-refractivity contribution in [2.45, 2.75) is 13.3 Å². The Hall–Kier alpha value is -0.540. The maximum atomic E-state index is 8.87.